The van der Waals surface area contributed by atoms with Gasteiger partial charge in [0.2, 0.25) is 0 Å². The molecule has 0 aromatic carbocycles. The van der Waals surface area contributed by atoms with Crippen molar-refractivity contribution >= 4 is 4.23 Å². The van der Waals surface area contributed by atoms with Gasteiger partial charge in [-0.2, -0.15) is 0 Å². The summed E-state index contributed by atoms with van der Waals surface area (Å²) in [7, 11) is 0. The zero-order valence-electron chi connectivity index (χ0n) is 7.02. The van der Waals surface area contributed by atoms with Crippen molar-refractivity contribution in [2.75, 3.05) is 0 Å². The molecule has 0 nitrogen and oxygen atoms in total. The molecule has 0 amide bonds. The molecule has 0 aliphatic rings. The van der Waals surface area contributed by atoms with Crippen LogP contribution in [0.3, 0.4) is 0 Å². The zero-order valence-corrected chi connectivity index (χ0v) is 8.42. The normalized spacial score (nSPS) is 12.1. The monoisotopic (exact) mass is 163 g/mol. The summed E-state index contributed by atoms with van der Waals surface area (Å²) in [6.07, 6.45) is 0. The van der Waals surface area contributed by atoms with Crippen LogP contribution < -0.4 is 0 Å². The second-order valence-electron chi connectivity index (χ2n) is 3.79. The van der Waals surface area contributed by atoms with E-state index in [4.69, 9.17) is 0 Å². The maximum absolute atomic E-state index is 2.69. The molecule has 0 aromatic rings. The van der Waals surface area contributed by atoms with Crippen LogP contribution in [0.4, 0.5) is 0 Å². The first-order valence-electron chi connectivity index (χ1n) is 3.42. The molecule has 0 spiro atoms. The molecule has 9 heavy (non-hydrogen) atoms. The fourth-order valence-corrected chi connectivity index (χ4v) is 0.866. The first kappa shape index (κ1) is 9.45. The summed E-state index contributed by atoms with van der Waals surface area (Å²) in [6.45, 7) is 11.2. The third-order valence-electron chi connectivity index (χ3n) is 1.32. The van der Waals surface area contributed by atoms with Crippen molar-refractivity contribution in [1.82, 2.24) is 0 Å². The van der Waals surface area contributed by atoms with Crippen molar-refractivity contribution in [3.05, 3.63) is 0 Å². The van der Waals surface area contributed by atoms with E-state index < -0.39 is 0 Å². The topological polar surface area (TPSA) is 0 Å². The molecule has 1 heteroatoms. The molecule has 0 bridgehead atoms. The summed E-state index contributed by atoms with van der Waals surface area (Å²) >= 11 is 2.69. The van der Waals surface area contributed by atoms with Crippen LogP contribution in [0.2, 0.25) is 0 Å². The Labute approximate surface area is 67.5 Å². The first-order valence-corrected chi connectivity index (χ1v) is 4.12. The molecule has 0 rings (SSSR count). The Morgan fingerprint density at radius 2 is 1.56 bits per heavy atom. The SMILES string of the molecule is CC(C)[C](=[V])C(C)(C)C. The molecule has 53 valence electrons. The quantitative estimate of drug-likeness (QED) is 0.556. The molecule has 0 N–H and O–H groups in total. The Kier molecular flexibility index (Phi) is 3.18. The van der Waals surface area contributed by atoms with Crippen LogP contribution in [-0.4, -0.2) is 4.23 Å². The van der Waals surface area contributed by atoms with Crippen LogP contribution in [0, 0.1) is 11.3 Å². The molecule has 0 radical (unpaired) electrons. The van der Waals surface area contributed by atoms with Crippen LogP contribution >= 0.6 is 0 Å². The van der Waals surface area contributed by atoms with Crippen LogP contribution in [0.5, 0.6) is 0 Å². The Bertz CT molecular complexity index is 106. The number of rotatable bonds is 1. The third-order valence-corrected chi connectivity index (χ3v) is 3.17. The Hall–Kier alpha value is 0.454. The summed E-state index contributed by atoms with van der Waals surface area (Å²) < 4.78 is 1.52. The van der Waals surface area contributed by atoms with E-state index >= 15 is 0 Å². The predicted molar refractivity (Wildman–Crippen MR) is 39.3 cm³/mol. The average Bonchev–Trinajstić information content (AvgIpc) is 1.62. The first-order chi connectivity index (χ1) is 3.85. The minimum atomic E-state index is 0.369. The molecule has 0 saturated carbocycles. The van der Waals surface area contributed by atoms with Gasteiger partial charge in [-0.3, -0.25) is 0 Å². The van der Waals surface area contributed by atoms with Crippen molar-refractivity contribution < 1.29 is 17.0 Å². The average molecular weight is 163 g/mol. The fourth-order valence-electron chi connectivity index (χ4n) is 0.866. The van der Waals surface area contributed by atoms with Gasteiger partial charge in [-0.1, -0.05) is 0 Å². The summed E-state index contributed by atoms with van der Waals surface area (Å²) in [5.41, 5.74) is 0.369. The molecule has 0 aromatic heterocycles. The van der Waals surface area contributed by atoms with E-state index in [1.807, 2.05) is 0 Å². The van der Waals surface area contributed by atoms with Gasteiger partial charge in [-0.15, -0.1) is 0 Å². The zero-order chi connectivity index (χ0) is 7.65. The van der Waals surface area contributed by atoms with E-state index in [9.17, 15) is 0 Å². The van der Waals surface area contributed by atoms with E-state index in [1.54, 1.807) is 0 Å². The predicted octanol–water partition coefficient (Wildman–Crippen LogP) is 2.41. The molecule has 0 heterocycles. The number of hydrogen-bond acceptors (Lipinski definition) is 0. The molecule has 0 atom stereocenters. The van der Waals surface area contributed by atoms with Crippen molar-refractivity contribution in [2.24, 2.45) is 11.3 Å². The van der Waals surface area contributed by atoms with Crippen molar-refractivity contribution in [3.8, 4) is 0 Å². The van der Waals surface area contributed by atoms with Gasteiger partial charge >= 0.3 is 67.2 Å². The van der Waals surface area contributed by atoms with Gasteiger partial charge in [0.15, 0.2) is 0 Å². The summed E-state index contributed by atoms with van der Waals surface area (Å²) in [5, 5.41) is 0. The van der Waals surface area contributed by atoms with Gasteiger partial charge in [0.25, 0.3) is 0 Å². The molecule has 0 aliphatic carbocycles. The summed E-state index contributed by atoms with van der Waals surface area (Å²) in [5.74, 6) is 0.699. The van der Waals surface area contributed by atoms with E-state index in [1.165, 1.54) is 4.23 Å². The second kappa shape index (κ2) is 3.03. The Morgan fingerprint density at radius 3 is 1.56 bits per heavy atom. The van der Waals surface area contributed by atoms with Crippen molar-refractivity contribution in [3.63, 3.8) is 0 Å². The number of hydrogen-bond donors (Lipinski definition) is 0. The van der Waals surface area contributed by atoms with Crippen LogP contribution in [0.1, 0.15) is 34.6 Å². The van der Waals surface area contributed by atoms with Crippen LogP contribution in [0.15, 0.2) is 0 Å². The molecular formula is C8H16V. The van der Waals surface area contributed by atoms with Crippen LogP contribution in [0.25, 0.3) is 0 Å². The van der Waals surface area contributed by atoms with Crippen LogP contribution in [-0.2, 0) is 17.0 Å². The minimum absolute atomic E-state index is 0.369. The van der Waals surface area contributed by atoms with Crippen molar-refractivity contribution in [2.45, 2.75) is 34.6 Å². The van der Waals surface area contributed by atoms with Gasteiger partial charge in [0.1, 0.15) is 0 Å². The molecule has 0 fully saturated rings. The van der Waals surface area contributed by atoms with E-state index in [2.05, 4.69) is 51.6 Å². The van der Waals surface area contributed by atoms with E-state index in [0.29, 0.717) is 11.3 Å². The second-order valence-corrected chi connectivity index (χ2v) is 4.54. The van der Waals surface area contributed by atoms with Gasteiger partial charge < -0.3 is 0 Å². The van der Waals surface area contributed by atoms with E-state index in [0.717, 1.165) is 0 Å². The molecule has 0 saturated heterocycles. The van der Waals surface area contributed by atoms with E-state index in [-0.39, 0.29) is 0 Å². The van der Waals surface area contributed by atoms with Crippen molar-refractivity contribution in [1.29, 1.82) is 0 Å². The van der Waals surface area contributed by atoms with Gasteiger partial charge in [-0.25, -0.2) is 0 Å². The summed E-state index contributed by atoms with van der Waals surface area (Å²) in [6, 6.07) is 0. The van der Waals surface area contributed by atoms with Gasteiger partial charge in [-0.05, 0) is 0 Å². The van der Waals surface area contributed by atoms with Gasteiger partial charge in [0, 0.05) is 0 Å². The summed E-state index contributed by atoms with van der Waals surface area (Å²) in [4.78, 5) is 0. The standard InChI is InChI=1S/C8H16.V/c1-7(2)6-8(3,4)5;/h7H,1-5H3;. The third kappa shape index (κ3) is 3.22. The molecule has 0 aliphatic heterocycles. The molecule has 0 unspecified atom stereocenters. The fraction of sp³-hybridized carbons (Fsp3) is 0.875. The Morgan fingerprint density at radius 1 is 1.22 bits per heavy atom. The maximum atomic E-state index is 2.69. The van der Waals surface area contributed by atoms with Gasteiger partial charge in [0.05, 0.1) is 0 Å². The molecular weight excluding hydrogens is 147 g/mol. The Balaban J connectivity index is 4.06.